The third kappa shape index (κ3) is 4.88. The summed E-state index contributed by atoms with van der Waals surface area (Å²) in [6.07, 6.45) is 2.90. The molecule has 0 spiro atoms. The molecule has 0 amide bonds. The number of sulfone groups is 1. The number of aryl methyl sites for hydroxylation is 1. The summed E-state index contributed by atoms with van der Waals surface area (Å²) in [7, 11) is -3.99. The largest absolute Gasteiger partial charge is 0.486 e. The Labute approximate surface area is 223 Å². The molecule has 3 aromatic carbocycles. The molecule has 4 aromatic rings. The summed E-state index contributed by atoms with van der Waals surface area (Å²) in [5, 5.41) is -0.0628. The summed E-state index contributed by atoms with van der Waals surface area (Å²) in [6.45, 7) is 4.19. The van der Waals surface area contributed by atoms with Gasteiger partial charge in [-0.05, 0) is 61.9 Å². The van der Waals surface area contributed by atoms with Crippen molar-refractivity contribution < 1.29 is 22.3 Å². The molecule has 1 aromatic heterocycles. The van der Waals surface area contributed by atoms with Gasteiger partial charge < -0.3 is 18.8 Å². The quantitative estimate of drug-likeness (QED) is 0.316. The maximum Gasteiger partial charge on any atom is 0.236 e. The molecule has 0 N–H and O–H groups in total. The lowest BCUT2D eigenvalue weighted by Crippen LogP contribution is -2.34. The second-order valence-corrected chi connectivity index (χ2v) is 11.8. The van der Waals surface area contributed by atoms with Crippen molar-refractivity contribution in [1.82, 2.24) is 4.98 Å². The molecule has 1 fully saturated rings. The van der Waals surface area contributed by atoms with Crippen LogP contribution in [0.3, 0.4) is 0 Å². The number of oxazole rings is 1. The van der Waals surface area contributed by atoms with Gasteiger partial charge in [0.1, 0.15) is 13.2 Å². The van der Waals surface area contributed by atoms with Gasteiger partial charge in [0.2, 0.25) is 26.6 Å². The average Bonchev–Trinajstić information content (AvgIpc) is 3.40. The van der Waals surface area contributed by atoms with E-state index in [0.717, 1.165) is 30.4 Å². The highest BCUT2D eigenvalue weighted by molar-refractivity contribution is 7.91. The van der Waals surface area contributed by atoms with Gasteiger partial charge >= 0.3 is 0 Å². The van der Waals surface area contributed by atoms with E-state index in [1.54, 1.807) is 12.1 Å². The lowest BCUT2D eigenvalue weighted by molar-refractivity contribution is 0.171. The molecule has 0 bridgehead atoms. The van der Waals surface area contributed by atoms with E-state index >= 15 is 0 Å². The SMILES string of the molecule is Cc1cccc(-c2nc(S(=O)(=O)c3ccc4c(c3)OCCO4)c(N3CCC(Cc4ccccc4)CC3)o2)c1. The molecule has 7 nitrogen and oxygen atoms in total. The van der Waals surface area contributed by atoms with Gasteiger partial charge in [0.15, 0.2) is 11.5 Å². The number of hydrogen-bond acceptors (Lipinski definition) is 7. The number of rotatable bonds is 6. The Hall–Kier alpha value is -3.78. The minimum Gasteiger partial charge on any atom is -0.486 e. The molecule has 0 atom stereocenters. The molecule has 2 aliphatic heterocycles. The van der Waals surface area contributed by atoms with Gasteiger partial charge in [-0.1, -0.05) is 48.0 Å². The number of ether oxygens (including phenoxy) is 2. The van der Waals surface area contributed by atoms with Crippen LogP contribution in [0.4, 0.5) is 5.88 Å². The number of anilines is 1. The standard InChI is InChI=1S/C30H30N2O5S/c1-21-6-5-9-24(18-21)28-31-29(38(33,34)25-10-11-26-27(20-25)36-17-16-35-26)30(37-28)32-14-12-23(13-15-32)19-22-7-3-2-4-8-22/h2-11,18,20,23H,12-17,19H2,1H3. The highest BCUT2D eigenvalue weighted by atomic mass is 32.2. The van der Waals surface area contributed by atoms with Crippen LogP contribution in [0.5, 0.6) is 11.5 Å². The van der Waals surface area contributed by atoms with Crippen LogP contribution in [-0.4, -0.2) is 39.7 Å². The maximum atomic E-state index is 14.0. The topological polar surface area (TPSA) is 81.9 Å². The molecule has 0 aliphatic carbocycles. The van der Waals surface area contributed by atoms with E-state index in [1.807, 2.05) is 42.2 Å². The monoisotopic (exact) mass is 530 g/mol. The van der Waals surface area contributed by atoms with E-state index in [9.17, 15) is 8.42 Å². The average molecular weight is 531 g/mol. The number of benzene rings is 3. The molecule has 0 unspecified atom stereocenters. The number of fused-ring (bicyclic) bond motifs is 1. The van der Waals surface area contributed by atoms with E-state index in [-0.39, 0.29) is 9.92 Å². The van der Waals surface area contributed by atoms with Gasteiger partial charge in [0.05, 0.1) is 4.90 Å². The molecule has 0 radical (unpaired) electrons. The van der Waals surface area contributed by atoms with Crippen molar-refractivity contribution in [2.75, 3.05) is 31.2 Å². The van der Waals surface area contributed by atoms with Gasteiger partial charge in [0.25, 0.3) is 0 Å². The van der Waals surface area contributed by atoms with Crippen molar-refractivity contribution in [3.8, 4) is 23.0 Å². The van der Waals surface area contributed by atoms with Crippen molar-refractivity contribution >= 4 is 15.7 Å². The molecular formula is C30H30N2O5S. The predicted octanol–water partition coefficient (Wildman–Crippen LogP) is 5.71. The number of piperidine rings is 1. The Kier molecular flexibility index (Phi) is 6.57. The minimum absolute atomic E-state index is 0.0628. The van der Waals surface area contributed by atoms with Crippen molar-refractivity contribution in [2.24, 2.45) is 5.92 Å². The van der Waals surface area contributed by atoms with Gasteiger partial charge in [-0.3, -0.25) is 0 Å². The Morgan fingerprint density at radius 1 is 0.895 bits per heavy atom. The molecule has 1 saturated heterocycles. The summed E-state index contributed by atoms with van der Waals surface area (Å²) < 4.78 is 45.4. The molecule has 2 aliphatic rings. The Balaban J connectivity index is 1.33. The first-order chi connectivity index (χ1) is 18.5. The fourth-order valence-corrected chi connectivity index (χ4v) is 6.50. The van der Waals surface area contributed by atoms with E-state index in [0.29, 0.717) is 55.5 Å². The Morgan fingerprint density at radius 2 is 1.66 bits per heavy atom. The molecule has 38 heavy (non-hydrogen) atoms. The first-order valence-corrected chi connectivity index (χ1v) is 14.5. The molecular weight excluding hydrogens is 500 g/mol. The number of hydrogen-bond donors (Lipinski definition) is 0. The summed E-state index contributed by atoms with van der Waals surface area (Å²) >= 11 is 0. The van der Waals surface area contributed by atoms with Crippen molar-refractivity contribution in [3.63, 3.8) is 0 Å². The highest BCUT2D eigenvalue weighted by Gasteiger charge is 2.34. The molecule has 8 heteroatoms. The van der Waals surface area contributed by atoms with E-state index in [4.69, 9.17) is 13.9 Å². The zero-order valence-corrected chi connectivity index (χ0v) is 22.1. The van der Waals surface area contributed by atoms with Crippen LogP contribution < -0.4 is 14.4 Å². The first kappa shape index (κ1) is 24.6. The lowest BCUT2D eigenvalue weighted by Gasteiger charge is -2.32. The van der Waals surface area contributed by atoms with Gasteiger partial charge in [0, 0.05) is 24.7 Å². The molecule has 196 valence electrons. The summed E-state index contributed by atoms with van der Waals surface area (Å²) in [6, 6.07) is 22.9. The van der Waals surface area contributed by atoms with Gasteiger partial charge in [-0.25, -0.2) is 8.42 Å². The zero-order chi connectivity index (χ0) is 26.1. The summed E-state index contributed by atoms with van der Waals surface area (Å²) in [5.41, 5.74) is 3.11. The number of aromatic nitrogens is 1. The predicted molar refractivity (Wildman–Crippen MR) is 145 cm³/mol. The molecule has 6 rings (SSSR count). The van der Waals surface area contributed by atoms with E-state index < -0.39 is 9.84 Å². The summed E-state index contributed by atoms with van der Waals surface area (Å²) in [5.74, 6) is 2.09. The van der Waals surface area contributed by atoms with Crippen molar-refractivity contribution in [1.29, 1.82) is 0 Å². The van der Waals surface area contributed by atoms with Crippen LogP contribution in [0.15, 0.2) is 87.1 Å². The third-order valence-corrected chi connectivity index (χ3v) is 8.84. The maximum absolute atomic E-state index is 14.0. The second kappa shape index (κ2) is 10.2. The Bertz CT molecular complexity index is 1540. The second-order valence-electron chi connectivity index (χ2n) is 9.93. The van der Waals surface area contributed by atoms with Crippen LogP contribution in [0, 0.1) is 12.8 Å². The van der Waals surface area contributed by atoms with E-state index in [2.05, 4.69) is 29.2 Å². The smallest absolute Gasteiger partial charge is 0.236 e. The fourth-order valence-electron chi connectivity index (χ4n) is 5.16. The van der Waals surface area contributed by atoms with Crippen LogP contribution in [0.1, 0.15) is 24.0 Å². The van der Waals surface area contributed by atoms with Crippen LogP contribution >= 0.6 is 0 Å². The molecule has 3 heterocycles. The van der Waals surface area contributed by atoms with Crippen LogP contribution in [0.25, 0.3) is 11.5 Å². The Morgan fingerprint density at radius 3 is 2.42 bits per heavy atom. The molecule has 0 saturated carbocycles. The van der Waals surface area contributed by atoms with Gasteiger partial charge in [-0.2, -0.15) is 4.98 Å². The van der Waals surface area contributed by atoms with Crippen molar-refractivity contribution in [2.45, 2.75) is 36.1 Å². The fraction of sp³-hybridized carbons (Fsp3) is 0.300. The zero-order valence-electron chi connectivity index (χ0n) is 21.3. The highest BCUT2D eigenvalue weighted by Crippen LogP contribution is 2.39. The van der Waals surface area contributed by atoms with Crippen molar-refractivity contribution in [3.05, 3.63) is 83.9 Å². The van der Waals surface area contributed by atoms with E-state index in [1.165, 1.54) is 11.6 Å². The minimum atomic E-state index is -3.99. The van der Waals surface area contributed by atoms with Crippen LogP contribution in [0.2, 0.25) is 0 Å². The third-order valence-electron chi connectivity index (χ3n) is 7.19. The normalized spacial score (nSPS) is 16.0. The van der Waals surface area contributed by atoms with Gasteiger partial charge in [-0.15, -0.1) is 0 Å². The number of nitrogens with zero attached hydrogens (tertiary/aromatic N) is 2. The summed E-state index contributed by atoms with van der Waals surface area (Å²) in [4.78, 5) is 6.70. The first-order valence-electron chi connectivity index (χ1n) is 13.0. The van der Waals surface area contributed by atoms with Crippen LogP contribution in [-0.2, 0) is 16.3 Å². The lowest BCUT2D eigenvalue weighted by atomic mass is 9.90.